The molecule has 68 valence electrons. The van der Waals surface area contributed by atoms with Gasteiger partial charge >= 0.3 is 0 Å². The summed E-state index contributed by atoms with van der Waals surface area (Å²) in [7, 11) is 0. The van der Waals surface area contributed by atoms with Crippen molar-refractivity contribution in [2.24, 2.45) is 5.73 Å². The summed E-state index contributed by atoms with van der Waals surface area (Å²) >= 11 is 1.65. The first-order valence-electron chi connectivity index (χ1n) is 4.01. The van der Waals surface area contributed by atoms with Crippen LogP contribution in [-0.2, 0) is 6.54 Å². The van der Waals surface area contributed by atoms with E-state index in [1.54, 1.807) is 11.3 Å². The molecule has 3 nitrogen and oxygen atoms in total. The van der Waals surface area contributed by atoms with Crippen LogP contribution in [0.5, 0.6) is 0 Å². The zero-order valence-electron chi connectivity index (χ0n) is 7.28. The SMILES string of the molecule is Cc1oc(CN)nc1-c1cccs1. The first kappa shape index (κ1) is 8.47. The van der Waals surface area contributed by atoms with E-state index in [2.05, 4.69) is 4.98 Å². The van der Waals surface area contributed by atoms with E-state index in [1.807, 2.05) is 24.4 Å². The summed E-state index contributed by atoms with van der Waals surface area (Å²) in [5, 5.41) is 2.02. The molecule has 0 aliphatic carbocycles. The summed E-state index contributed by atoms with van der Waals surface area (Å²) in [5.74, 6) is 1.43. The Balaban J connectivity index is 2.46. The van der Waals surface area contributed by atoms with Gasteiger partial charge in [-0.15, -0.1) is 11.3 Å². The zero-order chi connectivity index (χ0) is 9.26. The molecule has 13 heavy (non-hydrogen) atoms. The molecule has 2 aromatic rings. The average molecular weight is 194 g/mol. The van der Waals surface area contributed by atoms with Crippen molar-refractivity contribution in [1.82, 2.24) is 4.98 Å². The lowest BCUT2D eigenvalue weighted by atomic mass is 10.3. The van der Waals surface area contributed by atoms with Crippen LogP contribution in [0.25, 0.3) is 10.6 Å². The molecule has 0 radical (unpaired) electrons. The fraction of sp³-hybridized carbons (Fsp3) is 0.222. The van der Waals surface area contributed by atoms with Gasteiger partial charge in [0.2, 0.25) is 5.89 Å². The van der Waals surface area contributed by atoms with Gasteiger partial charge in [-0.1, -0.05) is 6.07 Å². The molecular weight excluding hydrogens is 184 g/mol. The predicted octanol–water partition coefficient (Wildman–Crippen LogP) is 2.17. The molecule has 0 amide bonds. The van der Waals surface area contributed by atoms with Crippen molar-refractivity contribution in [1.29, 1.82) is 0 Å². The van der Waals surface area contributed by atoms with Gasteiger partial charge in [-0.05, 0) is 18.4 Å². The number of oxazole rings is 1. The summed E-state index contributed by atoms with van der Waals surface area (Å²) in [6, 6.07) is 4.02. The van der Waals surface area contributed by atoms with E-state index in [4.69, 9.17) is 10.2 Å². The molecule has 0 aromatic carbocycles. The van der Waals surface area contributed by atoms with Crippen LogP contribution in [0.4, 0.5) is 0 Å². The van der Waals surface area contributed by atoms with Gasteiger partial charge in [-0.2, -0.15) is 0 Å². The monoisotopic (exact) mass is 194 g/mol. The Labute approximate surface area is 80.2 Å². The van der Waals surface area contributed by atoms with E-state index in [-0.39, 0.29) is 0 Å². The normalized spacial score (nSPS) is 10.6. The second-order valence-electron chi connectivity index (χ2n) is 2.69. The van der Waals surface area contributed by atoms with E-state index in [0.29, 0.717) is 12.4 Å². The van der Waals surface area contributed by atoms with Crippen molar-refractivity contribution in [2.45, 2.75) is 13.5 Å². The highest BCUT2D eigenvalue weighted by molar-refractivity contribution is 7.13. The summed E-state index contributed by atoms with van der Waals surface area (Å²) in [4.78, 5) is 5.42. The second-order valence-corrected chi connectivity index (χ2v) is 3.64. The fourth-order valence-corrected chi connectivity index (χ4v) is 1.94. The molecule has 0 saturated carbocycles. The smallest absolute Gasteiger partial charge is 0.208 e. The third-order valence-electron chi connectivity index (χ3n) is 1.77. The maximum atomic E-state index is 5.43. The molecule has 2 heterocycles. The van der Waals surface area contributed by atoms with Crippen LogP contribution in [-0.4, -0.2) is 4.98 Å². The van der Waals surface area contributed by atoms with E-state index in [1.165, 1.54) is 0 Å². The van der Waals surface area contributed by atoms with Crippen molar-refractivity contribution in [3.63, 3.8) is 0 Å². The molecule has 0 saturated heterocycles. The number of nitrogens with two attached hydrogens (primary N) is 1. The summed E-state index contributed by atoms with van der Waals surface area (Å²) in [5.41, 5.74) is 6.35. The van der Waals surface area contributed by atoms with E-state index < -0.39 is 0 Å². The molecule has 0 atom stereocenters. The Morgan fingerprint density at radius 3 is 3.00 bits per heavy atom. The zero-order valence-corrected chi connectivity index (χ0v) is 8.10. The van der Waals surface area contributed by atoms with Crippen LogP contribution >= 0.6 is 11.3 Å². The van der Waals surface area contributed by atoms with Gasteiger partial charge in [0, 0.05) is 0 Å². The summed E-state index contributed by atoms with van der Waals surface area (Å²) in [6.45, 7) is 2.26. The minimum atomic E-state index is 0.353. The Bertz CT molecular complexity index is 392. The maximum absolute atomic E-state index is 5.43. The lowest BCUT2D eigenvalue weighted by Gasteiger charge is -1.88. The molecule has 0 aliphatic heterocycles. The molecule has 0 unspecified atom stereocenters. The number of thiophene rings is 1. The van der Waals surface area contributed by atoms with Crippen LogP contribution in [0, 0.1) is 6.92 Å². The van der Waals surface area contributed by atoms with Crippen molar-refractivity contribution < 1.29 is 4.42 Å². The molecule has 2 N–H and O–H groups in total. The molecule has 0 fully saturated rings. The van der Waals surface area contributed by atoms with Crippen molar-refractivity contribution >= 4 is 11.3 Å². The largest absolute Gasteiger partial charge is 0.444 e. The van der Waals surface area contributed by atoms with Gasteiger partial charge in [0.25, 0.3) is 0 Å². The van der Waals surface area contributed by atoms with Gasteiger partial charge in [0.1, 0.15) is 11.5 Å². The van der Waals surface area contributed by atoms with Gasteiger partial charge in [0.05, 0.1) is 11.4 Å². The lowest BCUT2D eigenvalue weighted by molar-refractivity contribution is 0.474. The number of nitrogens with zero attached hydrogens (tertiary/aromatic N) is 1. The van der Waals surface area contributed by atoms with E-state index in [0.717, 1.165) is 16.3 Å². The predicted molar refractivity (Wildman–Crippen MR) is 52.4 cm³/mol. The highest BCUT2D eigenvalue weighted by Crippen LogP contribution is 2.27. The van der Waals surface area contributed by atoms with Crippen LogP contribution in [0.2, 0.25) is 0 Å². The van der Waals surface area contributed by atoms with Crippen molar-refractivity contribution in [3.05, 3.63) is 29.2 Å². The third kappa shape index (κ3) is 1.50. The first-order valence-corrected chi connectivity index (χ1v) is 4.89. The number of rotatable bonds is 2. The highest BCUT2D eigenvalue weighted by Gasteiger charge is 2.10. The molecule has 0 spiro atoms. The Kier molecular flexibility index (Phi) is 2.16. The minimum Gasteiger partial charge on any atom is -0.444 e. The fourth-order valence-electron chi connectivity index (χ4n) is 1.18. The minimum absolute atomic E-state index is 0.353. The summed E-state index contributed by atoms with van der Waals surface area (Å²) < 4.78 is 5.36. The van der Waals surface area contributed by atoms with Gasteiger partial charge in [-0.25, -0.2) is 4.98 Å². The average Bonchev–Trinajstić information content (AvgIpc) is 2.72. The number of aromatic nitrogens is 1. The van der Waals surface area contributed by atoms with Crippen LogP contribution in [0.1, 0.15) is 11.7 Å². The maximum Gasteiger partial charge on any atom is 0.208 e. The van der Waals surface area contributed by atoms with Crippen LogP contribution < -0.4 is 5.73 Å². The Morgan fingerprint density at radius 1 is 1.62 bits per heavy atom. The second kappa shape index (κ2) is 3.32. The number of hydrogen-bond acceptors (Lipinski definition) is 4. The third-order valence-corrected chi connectivity index (χ3v) is 2.65. The standard InChI is InChI=1S/C9H10N2OS/c1-6-9(7-3-2-4-13-7)11-8(5-10)12-6/h2-4H,5,10H2,1H3. The molecule has 2 aromatic heterocycles. The molecule has 0 aliphatic rings. The van der Waals surface area contributed by atoms with Gasteiger partial charge in [-0.3, -0.25) is 0 Å². The summed E-state index contributed by atoms with van der Waals surface area (Å²) in [6.07, 6.45) is 0. The highest BCUT2D eigenvalue weighted by atomic mass is 32.1. The molecule has 0 bridgehead atoms. The van der Waals surface area contributed by atoms with Crippen LogP contribution in [0.3, 0.4) is 0 Å². The number of aryl methyl sites for hydroxylation is 1. The van der Waals surface area contributed by atoms with E-state index >= 15 is 0 Å². The Morgan fingerprint density at radius 2 is 2.46 bits per heavy atom. The molecule has 2 rings (SSSR count). The van der Waals surface area contributed by atoms with Crippen molar-refractivity contribution in [3.8, 4) is 10.6 Å². The van der Waals surface area contributed by atoms with Crippen molar-refractivity contribution in [2.75, 3.05) is 0 Å². The molecular formula is C9H10N2OS. The number of hydrogen-bond donors (Lipinski definition) is 1. The van der Waals surface area contributed by atoms with Gasteiger partial charge < -0.3 is 10.2 Å². The topological polar surface area (TPSA) is 52.0 Å². The Hall–Kier alpha value is -1.13. The van der Waals surface area contributed by atoms with E-state index in [9.17, 15) is 0 Å². The van der Waals surface area contributed by atoms with Crippen LogP contribution in [0.15, 0.2) is 21.9 Å². The molecule has 4 heteroatoms. The van der Waals surface area contributed by atoms with Gasteiger partial charge in [0.15, 0.2) is 0 Å². The quantitative estimate of drug-likeness (QED) is 0.797. The first-order chi connectivity index (χ1) is 6.31. The lowest BCUT2D eigenvalue weighted by Crippen LogP contribution is -1.95.